The Bertz CT molecular complexity index is 961. The summed E-state index contributed by atoms with van der Waals surface area (Å²) in [5, 5.41) is 24.4. The Hall–Kier alpha value is -3.87. The first-order chi connectivity index (χ1) is 14.8. The van der Waals surface area contributed by atoms with Crippen LogP contribution in [0.4, 0.5) is 17.2 Å². The predicted octanol–water partition coefficient (Wildman–Crippen LogP) is 1.25. The van der Waals surface area contributed by atoms with Gasteiger partial charge in [0.25, 0.3) is 17.3 Å². The molecule has 13 nitrogen and oxygen atoms in total. The van der Waals surface area contributed by atoms with Crippen LogP contribution in [0.1, 0.15) is 16.2 Å². The molecule has 1 aromatic carbocycles. The number of carbonyl (C=O) groups excluding carboxylic acids is 1. The van der Waals surface area contributed by atoms with Crippen molar-refractivity contribution >= 4 is 23.1 Å². The van der Waals surface area contributed by atoms with Gasteiger partial charge in [0.2, 0.25) is 5.88 Å². The van der Waals surface area contributed by atoms with Crippen LogP contribution in [0.5, 0.6) is 5.88 Å². The Morgan fingerprint density at radius 2 is 1.77 bits per heavy atom. The van der Waals surface area contributed by atoms with Crippen LogP contribution in [0.15, 0.2) is 24.3 Å². The number of aryl methyl sites for hydroxylation is 1. The van der Waals surface area contributed by atoms with Gasteiger partial charge in [0.05, 0.1) is 41.2 Å². The van der Waals surface area contributed by atoms with Crippen molar-refractivity contribution in [3.8, 4) is 5.88 Å². The van der Waals surface area contributed by atoms with E-state index in [1.165, 1.54) is 0 Å². The van der Waals surface area contributed by atoms with Gasteiger partial charge in [-0.05, 0) is 6.92 Å². The molecule has 0 saturated carbocycles. The third-order valence-corrected chi connectivity index (χ3v) is 4.36. The highest BCUT2D eigenvalue weighted by Gasteiger charge is 2.20. The molecule has 3 rings (SSSR count). The largest absolute Gasteiger partial charge is 0.476 e. The van der Waals surface area contributed by atoms with Crippen LogP contribution in [0.3, 0.4) is 0 Å². The van der Waals surface area contributed by atoms with Gasteiger partial charge < -0.3 is 19.7 Å². The lowest BCUT2D eigenvalue weighted by molar-refractivity contribution is -0.394. The molecule has 0 atom stereocenters. The summed E-state index contributed by atoms with van der Waals surface area (Å²) in [4.78, 5) is 43.2. The molecule has 2 heterocycles. The molecule has 1 aliphatic rings. The fourth-order valence-electron chi connectivity index (χ4n) is 2.91. The van der Waals surface area contributed by atoms with E-state index in [4.69, 9.17) is 9.47 Å². The average molecular weight is 432 g/mol. The van der Waals surface area contributed by atoms with Crippen molar-refractivity contribution in [3.05, 3.63) is 55.9 Å². The van der Waals surface area contributed by atoms with E-state index in [9.17, 15) is 25.0 Å². The minimum absolute atomic E-state index is 0.0608. The lowest BCUT2D eigenvalue weighted by Crippen LogP contribution is -2.37. The van der Waals surface area contributed by atoms with Crippen LogP contribution < -0.4 is 15.0 Å². The summed E-state index contributed by atoms with van der Waals surface area (Å²) in [6.07, 6.45) is 0. The molecule has 164 valence electrons. The van der Waals surface area contributed by atoms with E-state index >= 15 is 0 Å². The number of aromatic nitrogens is 2. The molecule has 0 spiro atoms. The number of rotatable bonds is 8. The fourth-order valence-corrected chi connectivity index (χ4v) is 2.91. The standard InChI is InChI=1S/C18H20N6O7/c1-12-20-16(22-3-6-30-7-4-22)11-17(21-12)31-5-2-19-18(25)13-8-14(23(26)27)10-15(9-13)24(28)29/h8-11H,2-7H2,1H3,(H,19,25). The fraction of sp³-hybridized carbons (Fsp3) is 0.389. The summed E-state index contributed by atoms with van der Waals surface area (Å²) in [6, 6.07) is 4.45. The maximum absolute atomic E-state index is 12.3. The third kappa shape index (κ3) is 5.82. The third-order valence-electron chi connectivity index (χ3n) is 4.36. The van der Waals surface area contributed by atoms with Gasteiger partial charge in [-0.15, -0.1) is 0 Å². The van der Waals surface area contributed by atoms with Crippen molar-refractivity contribution in [2.45, 2.75) is 6.92 Å². The second-order valence-electron chi connectivity index (χ2n) is 6.57. The second-order valence-corrected chi connectivity index (χ2v) is 6.57. The van der Waals surface area contributed by atoms with E-state index < -0.39 is 27.1 Å². The van der Waals surface area contributed by atoms with Gasteiger partial charge in [-0.3, -0.25) is 25.0 Å². The number of ether oxygens (including phenoxy) is 2. The second kappa shape index (κ2) is 9.75. The number of non-ortho nitro benzene ring substituents is 2. The molecule has 2 aromatic rings. The zero-order valence-electron chi connectivity index (χ0n) is 16.6. The highest BCUT2D eigenvalue weighted by Crippen LogP contribution is 2.22. The molecule has 1 fully saturated rings. The van der Waals surface area contributed by atoms with Crippen LogP contribution in [0.25, 0.3) is 0 Å². The number of nitro benzene ring substituents is 2. The number of carbonyl (C=O) groups is 1. The number of morpholine rings is 1. The van der Waals surface area contributed by atoms with Gasteiger partial charge in [0, 0.05) is 31.3 Å². The number of benzene rings is 1. The molecule has 0 bridgehead atoms. The first-order valence-electron chi connectivity index (χ1n) is 9.37. The molecule has 31 heavy (non-hydrogen) atoms. The molecule has 0 aliphatic carbocycles. The summed E-state index contributed by atoms with van der Waals surface area (Å²) in [6.45, 7) is 4.52. The maximum atomic E-state index is 12.3. The van der Waals surface area contributed by atoms with Gasteiger partial charge in [-0.2, -0.15) is 4.98 Å². The first kappa shape index (κ1) is 21.8. The quantitative estimate of drug-likeness (QED) is 0.365. The van der Waals surface area contributed by atoms with Crippen LogP contribution in [-0.4, -0.2) is 65.2 Å². The molecule has 1 amide bonds. The van der Waals surface area contributed by atoms with Crippen LogP contribution >= 0.6 is 0 Å². The average Bonchev–Trinajstić information content (AvgIpc) is 2.76. The summed E-state index contributed by atoms with van der Waals surface area (Å²) in [5.74, 6) is 0.906. The number of hydrogen-bond acceptors (Lipinski definition) is 10. The predicted molar refractivity (Wildman–Crippen MR) is 107 cm³/mol. The number of amides is 1. The monoisotopic (exact) mass is 432 g/mol. The lowest BCUT2D eigenvalue weighted by Gasteiger charge is -2.28. The van der Waals surface area contributed by atoms with Crippen molar-refractivity contribution in [2.75, 3.05) is 44.4 Å². The van der Waals surface area contributed by atoms with E-state index in [0.717, 1.165) is 24.0 Å². The summed E-state index contributed by atoms with van der Waals surface area (Å²) < 4.78 is 10.9. The van der Waals surface area contributed by atoms with E-state index in [1.54, 1.807) is 13.0 Å². The smallest absolute Gasteiger partial charge is 0.277 e. The van der Waals surface area contributed by atoms with Gasteiger partial charge >= 0.3 is 0 Å². The minimum Gasteiger partial charge on any atom is -0.476 e. The van der Waals surface area contributed by atoms with Gasteiger partial charge in [0.1, 0.15) is 18.2 Å². The Balaban J connectivity index is 1.58. The van der Waals surface area contributed by atoms with E-state index in [0.29, 0.717) is 38.0 Å². The van der Waals surface area contributed by atoms with Crippen molar-refractivity contribution in [2.24, 2.45) is 0 Å². The number of hydrogen-bond donors (Lipinski definition) is 1. The summed E-state index contributed by atoms with van der Waals surface area (Å²) >= 11 is 0. The molecule has 1 saturated heterocycles. The topological polar surface area (TPSA) is 163 Å². The highest BCUT2D eigenvalue weighted by atomic mass is 16.6. The molecule has 1 aliphatic heterocycles. The van der Waals surface area contributed by atoms with Crippen molar-refractivity contribution in [3.63, 3.8) is 0 Å². The minimum atomic E-state index is -0.795. The van der Waals surface area contributed by atoms with Crippen LogP contribution in [-0.2, 0) is 4.74 Å². The van der Waals surface area contributed by atoms with Gasteiger partial charge in [-0.25, -0.2) is 4.98 Å². The van der Waals surface area contributed by atoms with Crippen LogP contribution in [0.2, 0.25) is 0 Å². The normalized spacial score (nSPS) is 13.5. The van der Waals surface area contributed by atoms with E-state index in [-0.39, 0.29) is 18.7 Å². The summed E-state index contributed by atoms with van der Waals surface area (Å²) in [5.41, 5.74) is -1.27. The van der Waals surface area contributed by atoms with E-state index in [2.05, 4.69) is 20.2 Å². The summed E-state index contributed by atoms with van der Waals surface area (Å²) in [7, 11) is 0. The molecular formula is C18H20N6O7. The number of anilines is 1. The molecular weight excluding hydrogens is 412 g/mol. The molecule has 0 unspecified atom stereocenters. The molecule has 1 N–H and O–H groups in total. The number of nitrogens with one attached hydrogen (secondary N) is 1. The SMILES string of the molecule is Cc1nc(OCCNC(=O)c2cc([N+](=O)[O-])cc([N+](=O)[O-])c2)cc(N2CCOCC2)n1. The van der Waals surface area contributed by atoms with E-state index in [1.807, 2.05) is 0 Å². The zero-order chi connectivity index (χ0) is 22.4. The van der Waals surface area contributed by atoms with Crippen molar-refractivity contribution < 1.29 is 24.1 Å². The Morgan fingerprint density at radius 1 is 1.13 bits per heavy atom. The number of nitro groups is 2. The molecule has 1 aromatic heterocycles. The van der Waals surface area contributed by atoms with Gasteiger partial charge in [-0.1, -0.05) is 0 Å². The first-order valence-corrected chi connectivity index (χ1v) is 9.37. The van der Waals surface area contributed by atoms with Crippen LogP contribution in [0, 0.1) is 27.2 Å². The maximum Gasteiger partial charge on any atom is 0.277 e. The van der Waals surface area contributed by atoms with Gasteiger partial charge in [0.15, 0.2) is 0 Å². The Morgan fingerprint density at radius 3 is 2.39 bits per heavy atom. The lowest BCUT2D eigenvalue weighted by atomic mass is 10.1. The van der Waals surface area contributed by atoms with Crippen molar-refractivity contribution in [1.82, 2.24) is 15.3 Å². The van der Waals surface area contributed by atoms with Crippen molar-refractivity contribution in [1.29, 1.82) is 0 Å². The molecule has 0 radical (unpaired) electrons. The molecule has 13 heteroatoms. The number of nitrogens with zero attached hydrogens (tertiary/aromatic N) is 5. The Kier molecular flexibility index (Phi) is 6.87. The highest BCUT2D eigenvalue weighted by molar-refractivity contribution is 5.95. The Labute approximate surface area is 176 Å². The zero-order valence-corrected chi connectivity index (χ0v) is 16.6.